The summed E-state index contributed by atoms with van der Waals surface area (Å²) in [7, 11) is 0. The van der Waals surface area contributed by atoms with Crippen molar-refractivity contribution in [1.82, 2.24) is 0 Å². The Balaban J connectivity index is 2.85. The molecule has 0 saturated carbocycles. The SMILES string of the molecule is NC(=S)OBr. The molecule has 0 spiro atoms. The minimum Gasteiger partial charge on any atom is -0.390 e. The molecule has 2 nitrogen and oxygen atoms in total. The van der Waals surface area contributed by atoms with E-state index >= 15 is 0 Å². The minimum atomic E-state index is 0.00463. The van der Waals surface area contributed by atoms with Crippen LogP contribution in [0.5, 0.6) is 0 Å². The maximum Gasteiger partial charge on any atom is 0.266 e. The highest BCUT2D eigenvalue weighted by atomic mass is 79.9. The Hall–Kier alpha value is 0.170. The summed E-state index contributed by atoms with van der Waals surface area (Å²) in [6.45, 7) is 0. The molecule has 0 aromatic heterocycles. The van der Waals surface area contributed by atoms with E-state index in [1.807, 2.05) is 0 Å². The van der Waals surface area contributed by atoms with Crippen LogP contribution in [0.25, 0.3) is 0 Å². The first kappa shape index (κ1) is 5.17. The first-order valence-corrected chi connectivity index (χ1v) is 1.91. The molecule has 0 radical (unpaired) electrons. The normalized spacial score (nSPS) is 6.60. The van der Waals surface area contributed by atoms with E-state index in [-0.39, 0.29) is 5.17 Å². The molecule has 0 aliphatic rings. The van der Waals surface area contributed by atoms with Gasteiger partial charge in [0.2, 0.25) is 0 Å². The molecule has 4 heteroatoms. The number of halogens is 1. The Kier molecular flexibility index (Phi) is 2.49. The number of thiocarbonyl (C=S) groups is 1. The Morgan fingerprint density at radius 2 is 2.20 bits per heavy atom. The van der Waals surface area contributed by atoms with E-state index in [9.17, 15) is 0 Å². The number of nitrogens with two attached hydrogens (primary N) is 1. The van der Waals surface area contributed by atoms with Gasteiger partial charge in [0.25, 0.3) is 5.17 Å². The van der Waals surface area contributed by atoms with Crippen LogP contribution in [0.2, 0.25) is 0 Å². The van der Waals surface area contributed by atoms with Crippen LogP contribution in [0.4, 0.5) is 0 Å². The highest BCUT2D eigenvalue weighted by Gasteiger charge is 1.72. The van der Waals surface area contributed by atoms with Gasteiger partial charge >= 0.3 is 0 Å². The van der Waals surface area contributed by atoms with E-state index in [2.05, 4.69) is 32.3 Å². The van der Waals surface area contributed by atoms with E-state index in [0.29, 0.717) is 0 Å². The zero-order valence-corrected chi connectivity index (χ0v) is 4.67. The lowest BCUT2D eigenvalue weighted by atomic mass is 11.4. The largest absolute Gasteiger partial charge is 0.390 e. The van der Waals surface area contributed by atoms with Crippen LogP contribution in [0.15, 0.2) is 0 Å². The minimum absolute atomic E-state index is 0.00463. The Bertz CT molecular complexity index is 46.9. The average molecular weight is 156 g/mol. The van der Waals surface area contributed by atoms with Gasteiger partial charge in [0, 0.05) is 0 Å². The lowest BCUT2D eigenvalue weighted by molar-refractivity contribution is 0.687. The maximum atomic E-state index is 4.75. The van der Waals surface area contributed by atoms with Gasteiger partial charge in [-0.2, -0.15) is 0 Å². The third-order valence-electron chi connectivity index (χ3n) is 0.0760. The summed E-state index contributed by atoms with van der Waals surface area (Å²) in [6, 6.07) is 0. The summed E-state index contributed by atoms with van der Waals surface area (Å²) >= 11 is 6.75. The lowest BCUT2D eigenvalue weighted by Crippen LogP contribution is -2.05. The molecular weight excluding hydrogens is 154 g/mol. The molecule has 0 heterocycles. The topological polar surface area (TPSA) is 35.2 Å². The molecule has 2 N–H and O–H groups in total. The molecule has 0 atom stereocenters. The van der Waals surface area contributed by atoms with Gasteiger partial charge in [-0.05, 0) is 12.2 Å². The molecule has 0 aromatic carbocycles. The summed E-state index contributed by atoms with van der Waals surface area (Å²) in [5.41, 5.74) is 4.75. The van der Waals surface area contributed by atoms with Crippen LogP contribution in [-0.4, -0.2) is 5.17 Å². The summed E-state index contributed by atoms with van der Waals surface area (Å²) in [6.07, 6.45) is 0. The van der Waals surface area contributed by atoms with Crippen LogP contribution in [0.1, 0.15) is 0 Å². The summed E-state index contributed by atoms with van der Waals surface area (Å²) < 4.78 is 4.07. The molecule has 0 aromatic rings. The highest BCUT2D eigenvalue weighted by Crippen LogP contribution is 1.79. The fourth-order valence-corrected chi connectivity index (χ4v) is 0. The van der Waals surface area contributed by atoms with Gasteiger partial charge in [0.05, 0.1) is 0 Å². The van der Waals surface area contributed by atoms with Crippen LogP contribution in [0, 0.1) is 0 Å². The van der Waals surface area contributed by atoms with Crippen LogP contribution in [0.3, 0.4) is 0 Å². The molecule has 5 heavy (non-hydrogen) atoms. The molecule has 0 amide bonds. The summed E-state index contributed by atoms with van der Waals surface area (Å²) in [5, 5.41) is 0.00463. The predicted octanol–water partition coefficient (Wildman–Crippen LogP) is 0.557. The molecule has 0 aliphatic carbocycles. The Morgan fingerprint density at radius 1 is 2.00 bits per heavy atom. The quantitative estimate of drug-likeness (QED) is 0.520. The van der Waals surface area contributed by atoms with Gasteiger partial charge in [-0.1, -0.05) is 0 Å². The molecule has 0 rings (SSSR count). The van der Waals surface area contributed by atoms with Crippen molar-refractivity contribution in [2.24, 2.45) is 5.73 Å². The predicted molar refractivity (Wildman–Crippen MR) is 26.8 cm³/mol. The van der Waals surface area contributed by atoms with Crippen LogP contribution in [-0.2, 0) is 3.83 Å². The van der Waals surface area contributed by atoms with Gasteiger partial charge in [-0.25, -0.2) is 0 Å². The second-order valence-corrected chi connectivity index (χ2v) is 1.12. The first-order valence-electron chi connectivity index (χ1n) is 0.851. The maximum absolute atomic E-state index is 4.75. The molecule has 0 bridgehead atoms. The van der Waals surface area contributed by atoms with Gasteiger partial charge in [-0.3, -0.25) is 0 Å². The summed E-state index contributed by atoms with van der Waals surface area (Å²) in [5.74, 6) is 0. The van der Waals surface area contributed by atoms with Gasteiger partial charge in [0.1, 0.15) is 0 Å². The zero-order chi connectivity index (χ0) is 4.28. The molecule has 30 valence electrons. The fourth-order valence-electron chi connectivity index (χ4n) is 0. The Morgan fingerprint density at radius 3 is 2.20 bits per heavy atom. The molecule has 0 saturated heterocycles. The average Bonchev–Trinajstić information content (AvgIpc) is 1.38. The van der Waals surface area contributed by atoms with Crippen molar-refractivity contribution >= 4 is 33.7 Å². The smallest absolute Gasteiger partial charge is 0.266 e. The van der Waals surface area contributed by atoms with Crippen molar-refractivity contribution in [3.8, 4) is 0 Å². The van der Waals surface area contributed by atoms with Gasteiger partial charge in [0.15, 0.2) is 16.3 Å². The van der Waals surface area contributed by atoms with Crippen molar-refractivity contribution in [3.63, 3.8) is 0 Å². The third-order valence-corrected chi connectivity index (χ3v) is 0.722. The monoisotopic (exact) mass is 155 g/mol. The molecule has 0 aliphatic heterocycles. The van der Waals surface area contributed by atoms with E-state index < -0.39 is 0 Å². The van der Waals surface area contributed by atoms with Gasteiger partial charge < -0.3 is 9.56 Å². The van der Waals surface area contributed by atoms with Crippen LogP contribution < -0.4 is 5.73 Å². The second kappa shape index (κ2) is 2.41. The fraction of sp³-hybridized carbons (Fsp3) is 0. The highest BCUT2D eigenvalue weighted by molar-refractivity contribution is 9.06. The van der Waals surface area contributed by atoms with Crippen molar-refractivity contribution in [2.45, 2.75) is 0 Å². The van der Waals surface area contributed by atoms with Gasteiger partial charge in [-0.15, -0.1) is 0 Å². The number of hydrogen-bond donors (Lipinski definition) is 1. The number of rotatable bonds is 0. The van der Waals surface area contributed by atoms with E-state index in [0.717, 1.165) is 0 Å². The van der Waals surface area contributed by atoms with Crippen LogP contribution >= 0.6 is 28.5 Å². The van der Waals surface area contributed by atoms with Crippen molar-refractivity contribution in [1.29, 1.82) is 0 Å². The van der Waals surface area contributed by atoms with E-state index in [4.69, 9.17) is 5.73 Å². The first-order chi connectivity index (χ1) is 2.27. The molecule has 0 unspecified atom stereocenters. The Labute approximate surface area is 43.7 Å². The molecular formula is CH2BrNOS. The lowest BCUT2D eigenvalue weighted by Gasteiger charge is -1.80. The van der Waals surface area contributed by atoms with Crippen molar-refractivity contribution < 1.29 is 3.83 Å². The molecule has 0 fully saturated rings. The summed E-state index contributed by atoms with van der Waals surface area (Å²) in [4.78, 5) is 0. The second-order valence-electron chi connectivity index (χ2n) is 0.396. The van der Waals surface area contributed by atoms with Crippen molar-refractivity contribution in [2.75, 3.05) is 0 Å². The standard InChI is InChI=1S/CH2BrNOS/c2-4-1(3)5/h(H2,3,5). The zero-order valence-electron chi connectivity index (χ0n) is 2.27. The van der Waals surface area contributed by atoms with Crippen molar-refractivity contribution in [3.05, 3.63) is 0 Å². The van der Waals surface area contributed by atoms with E-state index in [1.54, 1.807) is 0 Å². The van der Waals surface area contributed by atoms with E-state index in [1.165, 1.54) is 0 Å². The third kappa shape index (κ3) is 4.17. The number of hydrogen-bond acceptors (Lipinski definition) is 2.